The minimum atomic E-state index is -0.267. The molecule has 0 amide bonds. The molecule has 158 valence electrons. The van der Waals surface area contributed by atoms with Crippen LogP contribution in [0, 0.1) is 6.92 Å². The fourth-order valence-corrected chi connectivity index (χ4v) is 4.09. The number of methoxy groups -OCH3 is 1. The van der Waals surface area contributed by atoms with Gasteiger partial charge in [0.2, 0.25) is 11.2 Å². The van der Waals surface area contributed by atoms with Gasteiger partial charge in [-0.05, 0) is 62.9 Å². The van der Waals surface area contributed by atoms with Crippen LogP contribution in [0.2, 0.25) is 0 Å². The Hall–Kier alpha value is -2.99. The molecule has 0 atom stereocenters. The molecule has 2 aromatic carbocycles. The summed E-state index contributed by atoms with van der Waals surface area (Å²) in [7, 11) is 1.59. The van der Waals surface area contributed by atoms with Gasteiger partial charge >= 0.3 is 0 Å². The summed E-state index contributed by atoms with van der Waals surface area (Å²) in [5.41, 5.74) is 0.709. The lowest BCUT2D eigenvalue weighted by molar-refractivity contribution is -0.913. The van der Waals surface area contributed by atoms with Crippen molar-refractivity contribution in [1.82, 2.24) is 0 Å². The maximum Gasteiger partial charge on any atom is 0.235 e. The number of rotatable bonds is 5. The van der Waals surface area contributed by atoms with Crippen molar-refractivity contribution in [2.45, 2.75) is 39.2 Å². The van der Waals surface area contributed by atoms with E-state index in [1.54, 1.807) is 44.4 Å². The summed E-state index contributed by atoms with van der Waals surface area (Å²) in [5.74, 6) is 1.64. The number of ether oxygens (including phenoxy) is 2. The Morgan fingerprint density at radius 1 is 1.00 bits per heavy atom. The molecule has 6 nitrogen and oxygen atoms in total. The summed E-state index contributed by atoms with van der Waals surface area (Å²) >= 11 is 0. The molecule has 0 radical (unpaired) electrons. The molecule has 0 bridgehead atoms. The molecule has 6 heteroatoms. The van der Waals surface area contributed by atoms with Crippen molar-refractivity contribution in [3.8, 4) is 23.0 Å². The minimum absolute atomic E-state index is 0.0781. The third-order valence-electron chi connectivity index (χ3n) is 5.76. The predicted molar refractivity (Wildman–Crippen MR) is 113 cm³/mol. The second-order valence-corrected chi connectivity index (χ2v) is 7.85. The number of nitrogens with one attached hydrogen (secondary N) is 1. The lowest BCUT2D eigenvalue weighted by atomic mass is 10.1. The Kier molecular flexibility index (Phi) is 5.95. The van der Waals surface area contributed by atoms with Gasteiger partial charge in [0.1, 0.15) is 29.4 Å². The Morgan fingerprint density at radius 2 is 1.67 bits per heavy atom. The molecule has 1 aliphatic heterocycles. The molecule has 1 saturated heterocycles. The molecule has 1 aliphatic rings. The smallest absolute Gasteiger partial charge is 0.235 e. The average Bonchev–Trinajstić information content (AvgIpc) is 3.02. The highest BCUT2D eigenvalue weighted by Crippen LogP contribution is 2.30. The van der Waals surface area contributed by atoms with Crippen molar-refractivity contribution in [3.63, 3.8) is 0 Å². The number of benzene rings is 2. The molecular formula is C24H27NO5. The van der Waals surface area contributed by atoms with Gasteiger partial charge in [0.15, 0.2) is 0 Å². The zero-order chi connectivity index (χ0) is 21.1. The second-order valence-electron chi connectivity index (χ2n) is 7.85. The Labute approximate surface area is 175 Å². The third-order valence-corrected chi connectivity index (χ3v) is 5.76. The van der Waals surface area contributed by atoms with Gasteiger partial charge < -0.3 is 23.9 Å². The molecule has 0 saturated carbocycles. The molecule has 30 heavy (non-hydrogen) atoms. The monoisotopic (exact) mass is 409 g/mol. The first kappa shape index (κ1) is 20.3. The summed E-state index contributed by atoms with van der Waals surface area (Å²) in [6.45, 7) is 4.35. The van der Waals surface area contributed by atoms with E-state index in [4.69, 9.17) is 13.9 Å². The summed E-state index contributed by atoms with van der Waals surface area (Å²) < 4.78 is 17.0. The minimum Gasteiger partial charge on any atom is -0.872 e. The maximum absolute atomic E-state index is 13.2. The normalized spacial score (nSPS) is 15.1. The van der Waals surface area contributed by atoms with Crippen LogP contribution in [0.4, 0.5) is 0 Å². The van der Waals surface area contributed by atoms with Crippen molar-refractivity contribution in [2.24, 2.45) is 0 Å². The molecule has 0 aliphatic carbocycles. The van der Waals surface area contributed by atoms with Crippen molar-refractivity contribution in [3.05, 3.63) is 57.9 Å². The van der Waals surface area contributed by atoms with E-state index in [0.29, 0.717) is 40.3 Å². The molecule has 1 N–H and O–H groups in total. The maximum atomic E-state index is 13.2. The Balaban J connectivity index is 1.71. The summed E-state index contributed by atoms with van der Waals surface area (Å²) in [5, 5.41) is 13.0. The van der Waals surface area contributed by atoms with E-state index < -0.39 is 0 Å². The molecule has 1 aromatic heterocycles. The van der Waals surface area contributed by atoms with Crippen LogP contribution in [0.15, 0.2) is 45.6 Å². The zero-order valence-electron chi connectivity index (χ0n) is 17.5. The molecule has 4 rings (SSSR count). The highest BCUT2D eigenvalue weighted by molar-refractivity contribution is 5.83. The number of hydrogen-bond donors (Lipinski definition) is 1. The van der Waals surface area contributed by atoms with Crippen molar-refractivity contribution >= 4 is 11.0 Å². The van der Waals surface area contributed by atoms with E-state index in [1.165, 1.54) is 23.8 Å². The molecule has 0 spiro atoms. The first-order valence-electron chi connectivity index (χ1n) is 10.5. The highest BCUT2D eigenvalue weighted by atomic mass is 16.5. The lowest BCUT2D eigenvalue weighted by Crippen LogP contribution is -3.10. The average molecular weight is 409 g/mol. The fraction of sp³-hybridized carbons (Fsp3) is 0.375. The summed E-state index contributed by atoms with van der Waals surface area (Å²) in [4.78, 5) is 14.5. The molecular weight excluding hydrogens is 382 g/mol. The van der Waals surface area contributed by atoms with Crippen LogP contribution < -0.4 is 24.9 Å². The van der Waals surface area contributed by atoms with E-state index in [9.17, 15) is 9.90 Å². The van der Waals surface area contributed by atoms with Crippen molar-refractivity contribution in [1.29, 1.82) is 0 Å². The van der Waals surface area contributed by atoms with Gasteiger partial charge in [0.25, 0.3) is 0 Å². The van der Waals surface area contributed by atoms with Crippen LogP contribution in [-0.2, 0) is 6.54 Å². The molecule has 3 aromatic rings. The van der Waals surface area contributed by atoms with E-state index >= 15 is 0 Å². The van der Waals surface area contributed by atoms with E-state index in [1.807, 2.05) is 0 Å². The van der Waals surface area contributed by atoms with Crippen LogP contribution in [0.1, 0.15) is 37.0 Å². The van der Waals surface area contributed by atoms with Crippen LogP contribution in [-0.4, -0.2) is 20.2 Å². The van der Waals surface area contributed by atoms with Gasteiger partial charge in [0, 0.05) is 5.56 Å². The number of likely N-dealkylation sites (tertiary alicyclic amines) is 1. The van der Waals surface area contributed by atoms with Gasteiger partial charge in [-0.1, -0.05) is 11.8 Å². The van der Waals surface area contributed by atoms with Crippen molar-refractivity contribution in [2.75, 3.05) is 20.2 Å². The Morgan fingerprint density at radius 3 is 2.33 bits per heavy atom. The van der Waals surface area contributed by atoms with Gasteiger partial charge in [-0.2, -0.15) is 0 Å². The van der Waals surface area contributed by atoms with E-state index in [-0.39, 0.29) is 16.9 Å². The van der Waals surface area contributed by atoms with E-state index in [2.05, 4.69) is 0 Å². The quantitative estimate of drug-likeness (QED) is 0.701. The van der Waals surface area contributed by atoms with Crippen molar-refractivity contribution < 1.29 is 23.9 Å². The number of aryl methyl sites for hydroxylation is 1. The summed E-state index contributed by atoms with van der Waals surface area (Å²) in [6, 6.07) is 10.0. The van der Waals surface area contributed by atoms with Crippen LogP contribution in [0.25, 0.3) is 11.0 Å². The third kappa shape index (κ3) is 4.14. The lowest BCUT2D eigenvalue weighted by Gasteiger charge is -2.22. The van der Waals surface area contributed by atoms with Gasteiger partial charge in [-0.3, -0.25) is 4.79 Å². The molecule has 2 heterocycles. The van der Waals surface area contributed by atoms with Crippen LogP contribution >= 0.6 is 0 Å². The fourth-order valence-electron chi connectivity index (χ4n) is 4.09. The standard InChI is InChI=1S/C24H27NO5/c1-16-23(30-18-9-7-17(28-2)8-10-18)22(27)19-11-12-21(26)20(24(19)29-16)15-25-13-5-3-4-6-14-25/h7-12,26H,3-6,13-15H2,1-2H3. The molecule has 1 fully saturated rings. The second kappa shape index (κ2) is 8.79. The SMILES string of the molecule is COc1ccc(Oc2c(C)oc3c(C[NH+]4CCCCCC4)c([O-])ccc3c2=O)cc1. The van der Waals surface area contributed by atoms with Gasteiger partial charge in [-0.25, -0.2) is 0 Å². The van der Waals surface area contributed by atoms with Gasteiger partial charge in [-0.15, -0.1) is 0 Å². The largest absolute Gasteiger partial charge is 0.872 e. The first-order valence-corrected chi connectivity index (χ1v) is 10.5. The number of quaternary nitrogens is 1. The molecule has 0 unspecified atom stereocenters. The highest BCUT2D eigenvalue weighted by Gasteiger charge is 2.20. The topological polar surface area (TPSA) is 76.2 Å². The first-order chi connectivity index (χ1) is 14.6. The summed E-state index contributed by atoms with van der Waals surface area (Å²) in [6.07, 6.45) is 4.81. The number of fused-ring (bicyclic) bond motifs is 1. The Bertz CT molecular complexity index is 1080. The van der Waals surface area contributed by atoms with Gasteiger partial charge in [0.05, 0.1) is 25.6 Å². The van der Waals surface area contributed by atoms with Crippen LogP contribution in [0.3, 0.4) is 0 Å². The van der Waals surface area contributed by atoms with Crippen LogP contribution in [0.5, 0.6) is 23.0 Å². The van der Waals surface area contributed by atoms with E-state index in [0.717, 1.165) is 25.9 Å². The predicted octanol–water partition coefficient (Wildman–Crippen LogP) is 2.93. The number of hydrogen-bond acceptors (Lipinski definition) is 5. The zero-order valence-corrected chi connectivity index (χ0v) is 17.5.